The second-order valence-corrected chi connectivity index (χ2v) is 10.2. The number of hydroxylamine groups is 3. The summed E-state index contributed by atoms with van der Waals surface area (Å²) >= 11 is 0. The summed E-state index contributed by atoms with van der Waals surface area (Å²) in [6.45, 7) is 6.90. The number of hydrogen-bond donors (Lipinski definition) is 3. The Morgan fingerprint density at radius 3 is 1.50 bits per heavy atom. The molecule has 2 unspecified atom stereocenters. The van der Waals surface area contributed by atoms with E-state index in [0.29, 0.717) is 38.9 Å². The molecule has 0 aliphatic rings. The van der Waals surface area contributed by atoms with Crippen LogP contribution in [0, 0.1) is 0 Å². The van der Waals surface area contributed by atoms with Crippen molar-refractivity contribution in [3.63, 3.8) is 0 Å². The topological polar surface area (TPSA) is 163 Å². The molecule has 0 aromatic heterocycles. The minimum Gasteiger partial charge on any atom is -0.756 e. The Bertz CT molecular complexity index is 530. The molecule has 0 fully saturated rings. The summed E-state index contributed by atoms with van der Waals surface area (Å²) in [7, 11) is -16.4. The fourth-order valence-electron chi connectivity index (χ4n) is 2.30. The third-order valence-corrected chi connectivity index (χ3v) is 7.27. The summed E-state index contributed by atoms with van der Waals surface area (Å²) < 4.78 is 46.6. The molecule has 0 heterocycles. The molecule has 2 atom stereocenters. The van der Waals surface area contributed by atoms with Crippen LogP contribution in [0.4, 0.5) is 0 Å². The summed E-state index contributed by atoms with van der Waals surface area (Å²) in [4.78, 5) is 38.4. The second-order valence-electron chi connectivity index (χ2n) is 5.94. The Labute approximate surface area is 154 Å². The quantitative estimate of drug-likeness (QED) is 0.196. The van der Waals surface area contributed by atoms with Gasteiger partial charge in [-0.25, -0.2) is 17.8 Å². The zero-order valence-corrected chi connectivity index (χ0v) is 18.0. The lowest BCUT2D eigenvalue weighted by atomic mass is 10.2. The molecule has 0 aromatic carbocycles. The molecule has 0 saturated carbocycles. The zero-order valence-electron chi connectivity index (χ0n) is 15.4. The molecule has 0 saturated heterocycles. The van der Waals surface area contributed by atoms with Crippen LogP contribution in [0.5, 0.6) is 0 Å². The van der Waals surface area contributed by atoms with Crippen molar-refractivity contribution in [3.05, 3.63) is 0 Å². The molecule has 0 spiro atoms. The number of rotatable bonds is 15. The highest BCUT2D eigenvalue weighted by atomic mass is 31.3. The standard InChI is InChI=1S/C12H30NO10P3/c1-4-7-10-13(11-8-5-2,12-9-6-3)21-25(17,18)23-26(19,20)22-24(14,15)16/h4-12H2,1-3H3,(H3-,14,15,16,17,18,19,20). The number of phosphoric acid groups is 3. The molecule has 0 aromatic rings. The van der Waals surface area contributed by atoms with E-state index in [2.05, 4.69) is 8.62 Å². The number of unbranched alkanes of at least 4 members (excludes halogenated alkanes) is 3. The summed E-state index contributed by atoms with van der Waals surface area (Å²) in [6, 6.07) is 0. The van der Waals surface area contributed by atoms with Crippen molar-refractivity contribution < 1.29 is 51.2 Å². The minimum absolute atomic E-state index is 0.279. The maximum atomic E-state index is 12.2. The van der Waals surface area contributed by atoms with E-state index in [-0.39, 0.29) is 4.65 Å². The first-order valence-corrected chi connectivity index (χ1v) is 13.0. The SMILES string of the molecule is CCCC[N+](CCCC)(CCCC)OP(=O)(O)OP(=O)([O-])OP(=O)(O)O. The van der Waals surface area contributed by atoms with Gasteiger partial charge in [0.25, 0.3) is 7.82 Å². The van der Waals surface area contributed by atoms with Gasteiger partial charge in [0.15, 0.2) is 0 Å². The number of quaternary nitrogens is 1. The van der Waals surface area contributed by atoms with Crippen LogP contribution in [0.15, 0.2) is 0 Å². The van der Waals surface area contributed by atoms with Crippen molar-refractivity contribution in [3.8, 4) is 0 Å². The normalized spacial score (nSPS) is 17.7. The molecule has 0 radical (unpaired) electrons. The number of hydrogen-bond acceptors (Lipinski definition) is 7. The van der Waals surface area contributed by atoms with E-state index in [1.54, 1.807) is 0 Å². The summed E-state index contributed by atoms with van der Waals surface area (Å²) in [5.74, 6) is 0. The van der Waals surface area contributed by atoms with Crippen molar-refractivity contribution in [2.45, 2.75) is 59.3 Å². The van der Waals surface area contributed by atoms with E-state index in [1.165, 1.54) is 0 Å². The molecule has 14 heteroatoms. The lowest BCUT2D eigenvalue weighted by Gasteiger charge is -2.36. The van der Waals surface area contributed by atoms with Crippen LogP contribution in [0.2, 0.25) is 0 Å². The monoisotopic (exact) mass is 441 g/mol. The molecule has 0 aliphatic carbocycles. The van der Waals surface area contributed by atoms with E-state index in [9.17, 15) is 23.5 Å². The van der Waals surface area contributed by atoms with E-state index >= 15 is 0 Å². The smallest absolute Gasteiger partial charge is 0.524 e. The first-order chi connectivity index (χ1) is 11.8. The van der Waals surface area contributed by atoms with Gasteiger partial charge in [0.1, 0.15) is 19.6 Å². The van der Waals surface area contributed by atoms with Gasteiger partial charge in [-0.15, -0.1) is 0 Å². The van der Waals surface area contributed by atoms with Crippen molar-refractivity contribution >= 4 is 23.5 Å². The van der Waals surface area contributed by atoms with Gasteiger partial charge < -0.3 is 14.7 Å². The molecule has 0 amide bonds. The Balaban J connectivity index is 5.43. The van der Waals surface area contributed by atoms with E-state index in [1.807, 2.05) is 20.8 Å². The fourth-order valence-corrected chi connectivity index (χ4v) is 5.54. The molecule has 158 valence electrons. The summed E-state index contributed by atoms with van der Waals surface area (Å²) in [5, 5.41) is 0. The average Bonchev–Trinajstić information content (AvgIpc) is 2.44. The molecule has 0 bridgehead atoms. The molecular weight excluding hydrogens is 411 g/mol. The summed E-state index contributed by atoms with van der Waals surface area (Å²) in [6.07, 6.45) is 4.38. The van der Waals surface area contributed by atoms with Crippen LogP contribution in [0.25, 0.3) is 0 Å². The summed E-state index contributed by atoms with van der Waals surface area (Å²) in [5.41, 5.74) is 0. The number of nitrogens with zero attached hydrogens (tertiary/aromatic N) is 1. The molecular formula is C12H30NO10P3. The lowest BCUT2D eigenvalue weighted by molar-refractivity contribution is -1.08. The van der Waals surface area contributed by atoms with Gasteiger partial charge in [-0.2, -0.15) is 4.65 Å². The first kappa shape index (κ1) is 26.4. The van der Waals surface area contributed by atoms with Crippen LogP contribution in [0.3, 0.4) is 0 Å². The van der Waals surface area contributed by atoms with Gasteiger partial charge in [-0.05, 0) is 19.3 Å². The molecule has 0 aliphatic heterocycles. The van der Waals surface area contributed by atoms with Crippen LogP contribution >= 0.6 is 23.5 Å². The van der Waals surface area contributed by atoms with Gasteiger partial charge in [-0.1, -0.05) is 44.7 Å². The lowest BCUT2D eigenvalue weighted by Crippen LogP contribution is -2.49. The van der Waals surface area contributed by atoms with Crippen molar-refractivity contribution in [2.75, 3.05) is 19.6 Å². The highest BCUT2D eigenvalue weighted by Gasteiger charge is 2.43. The van der Waals surface area contributed by atoms with Gasteiger partial charge in [0.2, 0.25) is 0 Å². The van der Waals surface area contributed by atoms with E-state index in [4.69, 9.17) is 14.4 Å². The van der Waals surface area contributed by atoms with E-state index in [0.717, 1.165) is 19.3 Å². The third-order valence-electron chi connectivity index (χ3n) is 3.44. The van der Waals surface area contributed by atoms with Gasteiger partial charge in [-0.3, -0.25) is 9.46 Å². The predicted octanol–water partition coefficient (Wildman–Crippen LogP) is 2.83. The van der Waals surface area contributed by atoms with Crippen LogP contribution in [0.1, 0.15) is 59.3 Å². The molecule has 3 N–H and O–H groups in total. The third kappa shape index (κ3) is 12.0. The van der Waals surface area contributed by atoms with Crippen molar-refractivity contribution in [1.82, 2.24) is 0 Å². The van der Waals surface area contributed by atoms with Crippen LogP contribution in [-0.4, -0.2) is 39.0 Å². The minimum atomic E-state index is -5.76. The Morgan fingerprint density at radius 1 is 0.808 bits per heavy atom. The Hall–Kier alpha value is 0.370. The Morgan fingerprint density at radius 2 is 1.19 bits per heavy atom. The van der Waals surface area contributed by atoms with Crippen molar-refractivity contribution in [1.29, 1.82) is 0 Å². The molecule has 26 heavy (non-hydrogen) atoms. The highest BCUT2D eigenvalue weighted by molar-refractivity contribution is 7.65. The van der Waals surface area contributed by atoms with Gasteiger partial charge >= 0.3 is 15.6 Å². The zero-order chi connectivity index (χ0) is 20.5. The van der Waals surface area contributed by atoms with Gasteiger partial charge in [0.05, 0.1) is 0 Å². The van der Waals surface area contributed by atoms with Crippen molar-refractivity contribution in [2.24, 2.45) is 0 Å². The first-order valence-electron chi connectivity index (χ1n) is 8.50. The Kier molecular flexibility index (Phi) is 11.6. The molecule has 0 rings (SSSR count). The second kappa shape index (κ2) is 11.4. The predicted molar refractivity (Wildman–Crippen MR) is 92.3 cm³/mol. The fraction of sp³-hybridized carbons (Fsp3) is 1.00. The van der Waals surface area contributed by atoms with Crippen LogP contribution < -0.4 is 4.89 Å². The average molecular weight is 441 g/mol. The van der Waals surface area contributed by atoms with E-state index < -0.39 is 23.5 Å². The maximum Gasteiger partial charge on any atom is 0.524 e. The maximum absolute atomic E-state index is 12.2. The highest BCUT2D eigenvalue weighted by Crippen LogP contribution is 2.64. The largest absolute Gasteiger partial charge is 0.756 e. The van der Waals surface area contributed by atoms with Gasteiger partial charge in [0, 0.05) is 0 Å². The van der Waals surface area contributed by atoms with Crippen LogP contribution in [-0.2, 0) is 26.9 Å². The molecule has 11 nitrogen and oxygen atoms in total.